The van der Waals surface area contributed by atoms with Gasteiger partial charge in [-0.3, -0.25) is 0 Å². The van der Waals surface area contributed by atoms with E-state index in [1.54, 1.807) is 0 Å². The second-order valence-corrected chi connectivity index (χ2v) is 2.78. The van der Waals surface area contributed by atoms with Crippen LogP contribution in [0.2, 0.25) is 0 Å². The van der Waals surface area contributed by atoms with Crippen molar-refractivity contribution in [2.45, 2.75) is 39.8 Å². The van der Waals surface area contributed by atoms with Crippen LogP contribution in [0.1, 0.15) is 27.7 Å². The monoisotopic (exact) mass is 160 g/mol. The molecule has 10 heavy (non-hydrogen) atoms. The number of thiol groups is 1. The summed E-state index contributed by atoms with van der Waals surface area (Å²) in [5.74, 6) is 0. The van der Waals surface area contributed by atoms with E-state index in [4.69, 9.17) is 5.26 Å². The van der Waals surface area contributed by atoms with E-state index in [0.717, 1.165) is 0 Å². The highest BCUT2D eigenvalue weighted by Gasteiger charge is 1.92. The molecule has 0 atom stereocenters. The van der Waals surface area contributed by atoms with Crippen molar-refractivity contribution in [1.82, 2.24) is 5.32 Å². The van der Waals surface area contributed by atoms with E-state index in [9.17, 15) is 0 Å². The first-order valence-electron chi connectivity index (χ1n) is 3.33. The van der Waals surface area contributed by atoms with Crippen molar-refractivity contribution in [3.8, 4) is 5.40 Å². The number of thiocyanates is 1. The van der Waals surface area contributed by atoms with Gasteiger partial charge in [-0.15, -0.1) is 0 Å². The molecule has 0 unspecified atom stereocenters. The van der Waals surface area contributed by atoms with Crippen molar-refractivity contribution in [2.24, 2.45) is 0 Å². The van der Waals surface area contributed by atoms with E-state index in [1.165, 1.54) is 5.40 Å². The van der Waals surface area contributed by atoms with Gasteiger partial charge in [0.1, 0.15) is 5.40 Å². The van der Waals surface area contributed by atoms with Gasteiger partial charge >= 0.3 is 0 Å². The standard InChI is InChI=1S/C6H15N.CHNS/c1-5(2)7-6(3)4;2-1-3/h5-7H,1-4H3;3H. The molecule has 0 amide bonds. The minimum atomic E-state index is 0.625. The molecular formula is C7H16N2S. The second kappa shape index (κ2) is 8.80. The fraction of sp³-hybridized carbons (Fsp3) is 0.857. The summed E-state index contributed by atoms with van der Waals surface area (Å²) in [6, 6.07) is 1.25. The van der Waals surface area contributed by atoms with Gasteiger partial charge < -0.3 is 5.32 Å². The lowest BCUT2D eigenvalue weighted by Crippen LogP contribution is -2.29. The topological polar surface area (TPSA) is 35.8 Å². The molecule has 0 aliphatic carbocycles. The highest BCUT2D eigenvalue weighted by Crippen LogP contribution is 1.80. The highest BCUT2D eigenvalue weighted by molar-refractivity contribution is 7.85. The Hall–Kier alpha value is -0.200. The SMILES string of the molecule is CC(C)NC(C)C.N#CS. The zero-order chi connectivity index (χ0) is 8.57. The molecule has 3 heteroatoms. The molecule has 0 saturated heterocycles. The lowest BCUT2D eigenvalue weighted by molar-refractivity contribution is 0.518. The number of rotatable bonds is 2. The predicted octanol–water partition coefficient (Wildman–Crippen LogP) is 1.79. The molecule has 0 fully saturated rings. The van der Waals surface area contributed by atoms with Gasteiger partial charge in [0.25, 0.3) is 0 Å². The Bertz CT molecular complexity index is 88.3. The fourth-order valence-corrected chi connectivity index (χ4v) is 0.667. The third kappa shape index (κ3) is 25.0. The third-order valence-corrected chi connectivity index (χ3v) is 0.667. The van der Waals surface area contributed by atoms with Crippen molar-refractivity contribution in [3.63, 3.8) is 0 Å². The average molecular weight is 160 g/mol. The van der Waals surface area contributed by atoms with Crippen LogP contribution in [0.4, 0.5) is 0 Å². The summed E-state index contributed by atoms with van der Waals surface area (Å²) in [6.45, 7) is 8.61. The van der Waals surface area contributed by atoms with Crippen LogP contribution in [-0.4, -0.2) is 12.1 Å². The zero-order valence-electron chi connectivity index (χ0n) is 7.05. The molecular weight excluding hydrogens is 144 g/mol. The van der Waals surface area contributed by atoms with Gasteiger partial charge in [-0.1, -0.05) is 40.3 Å². The maximum atomic E-state index is 7.18. The molecule has 0 saturated carbocycles. The average Bonchev–Trinajstić information content (AvgIpc) is 1.62. The lowest BCUT2D eigenvalue weighted by Gasteiger charge is -2.10. The lowest BCUT2D eigenvalue weighted by atomic mass is 10.3. The van der Waals surface area contributed by atoms with E-state index < -0.39 is 0 Å². The summed E-state index contributed by atoms with van der Waals surface area (Å²) in [5.41, 5.74) is 0. The Kier molecular flexibility index (Phi) is 11.0. The van der Waals surface area contributed by atoms with Gasteiger partial charge in [-0.25, -0.2) is 0 Å². The minimum absolute atomic E-state index is 0.625. The van der Waals surface area contributed by atoms with Crippen molar-refractivity contribution in [1.29, 1.82) is 5.26 Å². The van der Waals surface area contributed by atoms with Crippen LogP contribution in [0.5, 0.6) is 0 Å². The molecule has 0 bridgehead atoms. The number of nitrogens with zero attached hydrogens (tertiary/aromatic N) is 1. The van der Waals surface area contributed by atoms with E-state index in [1.807, 2.05) is 0 Å². The Labute approximate surface area is 69.0 Å². The van der Waals surface area contributed by atoms with Gasteiger partial charge in [-0.2, -0.15) is 5.26 Å². The maximum Gasteiger partial charge on any atom is 0.130 e. The smallest absolute Gasteiger partial charge is 0.130 e. The normalized spacial score (nSPS) is 8.60. The molecule has 0 radical (unpaired) electrons. The predicted molar refractivity (Wildman–Crippen MR) is 48.0 cm³/mol. The number of nitrogens with one attached hydrogen (secondary N) is 1. The first-order valence-corrected chi connectivity index (χ1v) is 3.78. The van der Waals surface area contributed by atoms with Gasteiger partial charge in [0.05, 0.1) is 0 Å². The Morgan fingerprint density at radius 3 is 1.40 bits per heavy atom. The third-order valence-electron chi connectivity index (χ3n) is 0.667. The van der Waals surface area contributed by atoms with E-state index in [-0.39, 0.29) is 0 Å². The quantitative estimate of drug-likeness (QED) is 0.477. The Balaban J connectivity index is 0. The first-order chi connectivity index (χ1) is 4.54. The van der Waals surface area contributed by atoms with Gasteiger partial charge in [0, 0.05) is 12.1 Å². The van der Waals surface area contributed by atoms with E-state index in [2.05, 4.69) is 45.6 Å². The van der Waals surface area contributed by atoms with Crippen molar-refractivity contribution < 1.29 is 0 Å². The fourth-order valence-electron chi connectivity index (χ4n) is 0.667. The van der Waals surface area contributed by atoms with Crippen LogP contribution in [0, 0.1) is 10.7 Å². The van der Waals surface area contributed by atoms with Crippen molar-refractivity contribution in [3.05, 3.63) is 0 Å². The van der Waals surface area contributed by atoms with Gasteiger partial charge in [0.15, 0.2) is 0 Å². The molecule has 0 spiro atoms. The van der Waals surface area contributed by atoms with E-state index in [0.29, 0.717) is 12.1 Å². The van der Waals surface area contributed by atoms with Gasteiger partial charge in [0.2, 0.25) is 0 Å². The van der Waals surface area contributed by atoms with Crippen molar-refractivity contribution in [2.75, 3.05) is 0 Å². The largest absolute Gasteiger partial charge is 0.312 e. The molecule has 1 N–H and O–H groups in total. The Morgan fingerprint density at radius 1 is 1.20 bits per heavy atom. The molecule has 0 aromatic carbocycles. The summed E-state index contributed by atoms with van der Waals surface area (Å²) in [6.07, 6.45) is 0. The summed E-state index contributed by atoms with van der Waals surface area (Å²) >= 11 is 3.09. The number of nitriles is 1. The van der Waals surface area contributed by atoms with Crippen molar-refractivity contribution >= 4 is 12.6 Å². The minimum Gasteiger partial charge on any atom is -0.312 e. The van der Waals surface area contributed by atoms with Crippen LogP contribution in [-0.2, 0) is 0 Å². The molecule has 0 aliphatic heterocycles. The summed E-state index contributed by atoms with van der Waals surface area (Å²) in [5, 5.41) is 11.9. The van der Waals surface area contributed by atoms with Crippen LogP contribution >= 0.6 is 12.6 Å². The molecule has 0 rings (SSSR count). The highest BCUT2D eigenvalue weighted by atomic mass is 32.1. The molecule has 60 valence electrons. The molecule has 0 heterocycles. The zero-order valence-corrected chi connectivity index (χ0v) is 7.94. The summed E-state index contributed by atoms with van der Waals surface area (Å²) in [7, 11) is 0. The Morgan fingerprint density at radius 2 is 1.40 bits per heavy atom. The second-order valence-electron chi connectivity index (χ2n) is 2.58. The number of hydrogen-bond donors (Lipinski definition) is 2. The molecule has 2 nitrogen and oxygen atoms in total. The van der Waals surface area contributed by atoms with Crippen LogP contribution in [0.3, 0.4) is 0 Å². The van der Waals surface area contributed by atoms with Crippen LogP contribution in [0.15, 0.2) is 0 Å². The number of hydrogen-bond acceptors (Lipinski definition) is 3. The first kappa shape index (κ1) is 12.5. The molecule has 0 aromatic heterocycles. The molecule has 0 aliphatic rings. The van der Waals surface area contributed by atoms with Gasteiger partial charge in [-0.05, 0) is 0 Å². The van der Waals surface area contributed by atoms with Crippen LogP contribution in [0.25, 0.3) is 0 Å². The maximum absolute atomic E-state index is 7.18. The molecule has 0 aromatic rings. The van der Waals surface area contributed by atoms with E-state index >= 15 is 0 Å². The van der Waals surface area contributed by atoms with Crippen LogP contribution < -0.4 is 5.32 Å². The summed E-state index contributed by atoms with van der Waals surface area (Å²) < 4.78 is 0. The summed E-state index contributed by atoms with van der Waals surface area (Å²) in [4.78, 5) is 0.